The molecule has 0 heterocycles. The number of nitrogens with one attached hydrogen (secondary N) is 4. The first kappa shape index (κ1) is 104. The van der Waals surface area contributed by atoms with Gasteiger partial charge < -0.3 is 50.0 Å². The van der Waals surface area contributed by atoms with Crippen molar-refractivity contribution >= 4 is 57.0 Å². The molecule has 0 radical (unpaired) electrons. The Morgan fingerprint density at radius 1 is 0.333 bits per heavy atom. The van der Waals surface area contributed by atoms with E-state index < -0.39 is 84.2 Å². The maximum Gasteiger partial charge on any atom is 0.472 e. The first-order chi connectivity index (χ1) is 52.3. The fourth-order valence-electron chi connectivity index (χ4n) is 12.2. The molecule has 0 aromatic rings. The van der Waals surface area contributed by atoms with E-state index >= 15 is 0 Å². The van der Waals surface area contributed by atoms with Crippen LogP contribution in [0.2, 0.25) is 0 Å². The summed E-state index contributed by atoms with van der Waals surface area (Å²) in [6, 6.07) is -2.75. The molecule has 23 nitrogen and oxygen atoms in total. The van der Waals surface area contributed by atoms with Gasteiger partial charge in [0.05, 0.1) is 77.8 Å². The monoisotopic (exact) mass is 1580 g/mol. The zero-order chi connectivity index (χ0) is 79.5. The number of hydrogen-bond acceptors (Lipinski definition) is 17. The summed E-state index contributed by atoms with van der Waals surface area (Å²) in [5, 5.41) is 10.3. The molecule has 4 amide bonds. The molecular weight excluding hydrogens is 1420 g/mol. The quantitative estimate of drug-likeness (QED) is 0.0108. The van der Waals surface area contributed by atoms with Crippen molar-refractivity contribution in [1.82, 2.24) is 21.3 Å². The Morgan fingerprint density at radius 2 is 0.630 bits per heavy atom. The number of allylic oxidation sites excluding steroid dienone is 4. The van der Waals surface area contributed by atoms with Gasteiger partial charge in [-0.25, -0.2) is 13.9 Å². The van der Waals surface area contributed by atoms with E-state index in [1.54, 1.807) is 0 Å². The third kappa shape index (κ3) is 72.4. The number of urea groups is 1. The molecule has 0 aliphatic rings. The molecular formula is C83H156N4O19P2. The Morgan fingerprint density at radius 3 is 0.963 bits per heavy atom. The molecule has 0 aromatic heterocycles. The number of phosphoric ester groups is 2. The zero-order valence-corrected chi connectivity index (χ0v) is 70.5. The minimum atomic E-state index is -4.81. The highest BCUT2D eigenvalue weighted by molar-refractivity contribution is 7.47. The van der Waals surface area contributed by atoms with Crippen LogP contribution in [0, 0.1) is 0 Å². The number of hydrogen-bond donors (Lipinski definition) is 6. The number of esters is 2. The van der Waals surface area contributed by atoms with E-state index in [2.05, 4.69) is 87.1 Å². The van der Waals surface area contributed by atoms with E-state index in [1.807, 2.05) is 0 Å². The molecule has 0 saturated heterocycles. The van der Waals surface area contributed by atoms with Gasteiger partial charge in [-0.3, -0.25) is 46.9 Å². The SMILES string of the molecule is CCCCCCC=CCCCC(=O)OC(CCCCCCC)CCOCC(COP(=O)(O)OCCNC(=O)NCCOP(=O)(O)OCC(COCCC(CCCCCCC)OC(=O)CCCC=CCCCCCC)NC(=O)CC(=O)CCCCCCCCCCC)NC(=O)CC(=O)CCCCCCCCCCC. The van der Waals surface area contributed by atoms with Crippen LogP contribution in [0.25, 0.3) is 0 Å². The van der Waals surface area contributed by atoms with Gasteiger partial charge >= 0.3 is 33.6 Å². The standard InChI is InChI=1S/C83H156N4O19P2/c1-7-13-19-25-29-33-37-43-47-53-75(88)67-79(90)86-73(69-99-63-59-77(55-49-41-23-17-11-5)105-81(92)57-51-45-39-35-31-27-21-15-9-3)71-103-107(95,96)101-65-61-84-83(94)85-62-66-102-108(97,98)104-72-74(87-80(91)68-76(89)54-48-44-38-34-30-26-20-14-8-2)70-100-64-60-78(56-50-42-24-18-12-6)106-82(93)58-52-46-40-36-32-28-22-16-10-4/h35-36,39-40,73-74,77-78H,7-34,37-38,41-72H2,1-6H3,(H,86,90)(H,87,91)(H,95,96)(H,97,98)(H2,84,85,94). The minimum absolute atomic E-state index is 0.140. The molecule has 0 bridgehead atoms. The largest absolute Gasteiger partial charge is 0.472 e. The van der Waals surface area contributed by atoms with Crippen molar-refractivity contribution in [1.29, 1.82) is 0 Å². The van der Waals surface area contributed by atoms with Crippen LogP contribution in [0.4, 0.5) is 4.79 Å². The summed E-state index contributed by atoms with van der Waals surface area (Å²) >= 11 is 0. The van der Waals surface area contributed by atoms with Gasteiger partial charge in [0.15, 0.2) is 0 Å². The lowest BCUT2D eigenvalue weighted by molar-refractivity contribution is -0.151. The summed E-state index contributed by atoms with van der Waals surface area (Å²) < 4.78 is 71.1. The van der Waals surface area contributed by atoms with E-state index in [-0.39, 0.29) is 88.7 Å². The second-order valence-corrected chi connectivity index (χ2v) is 32.2. The summed E-state index contributed by atoms with van der Waals surface area (Å²) in [7, 11) is -9.61. The van der Waals surface area contributed by atoms with Crippen LogP contribution in [0.15, 0.2) is 24.3 Å². The second kappa shape index (κ2) is 75.8. The highest BCUT2D eigenvalue weighted by atomic mass is 31.2. The second-order valence-electron chi connectivity index (χ2n) is 29.3. The van der Waals surface area contributed by atoms with E-state index in [0.29, 0.717) is 64.2 Å². The number of ether oxygens (including phenoxy) is 4. The first-order valence-corrected chi connectivity index (χ1v) is 46.0. The molecule has 0 aliphatic heterocycles. The van der Waals surface area contributed by atoms with Crippen LogP contribution in [-0.2, 0) is 74.9 Å². The molecule has 6 unspecified atom stereocenters. The van der Waals surface area contributed by atoms with E-state index in [4.69, 9.17) is 37.0 Å². The van der Waals surface area contributed by atoms with Gasteiger partial charge in [-0.05, 0) is 89.9 Å². The van der Waals surface area contributed by atoms with Crippen molar-refractivity contribution in [3.05, 3.63) is 24.3 Å². The van der Waals surface area contributed by atoms with Crippen molar-refractivity contribution in [3.8, 4) is 0 Å². The molecule has 25 heteroatoms. The van der Waals surface area contributed by atoms with Crippen molar-refractivity contribution in [2.75, 3.05) is 65.9 Å². The maximum absolute atomic E-state index is 13.3. The lowest BCUT2D eigenvalue weighted by atomic mass is 10.0. The fraction of sp³-hybridized carbons (Fsp3) is 0.867. The lowest BCUT2D eigenvalue weighted by Crippen LogP contribution is -2.42. The molecule has 0 spiro atoms. The smallest absolute Gasteiger partial charge is 0.462 e. The highest BCUT2D eigenvalue weighted by Gasteiger charge is 2.28. The normalized spacial score (nSPS) is 13.9. The highest BCUT2D eigenvalue weighted by Crippen LogP contribution is 2.44. The predicted octanol–water partition coefficient (Wildman–Crippen LogP) is 20.0. The van der Waals surface area contributed by atoms with Gasteiger partial charge in [0.1, 0.15) is 23.8 Å². The van der Waals surface area contributed by atoms with Gasteiger partial charge in [0, 0.05) is 51.6 Å². The van der Waals surface area contributed by atoms with Gasteiger partial charge in [-0.15, -0.1) is 0 Å². The Labute approximate surface area is 654 Å². The van der Waals surface area contributed by atoms with E-state index in [0.717, 1.165) is 141 Å². The van der Waals surface area contributed by atoms with Crippen molar-refractivity contribution in [3.63, 3.8) is 0 Å². The zero-order valence-electron chi connectivity index (χ0n) is 68.7. The Kier molecular flexibility index (Phi) is 73.0. The number of unbranched alkanes of at least 4 members (excludes halogenated alkanes) is 34. The summed E-state index contributed by atoms with van der Waals surface area (Å²) in [5.41, 5.74) is 0. The first-order valence-electron chi connectivity index (χ1n) is 43.0. The number of carbonyl (C=O) groups excluding carboxylic acids is 7. The molecule has 632 valence electrons. The summed E-state index contributed by atoms with van der Waals surface area (Å²) in [4.78, 5) is 113. The molecule has 0 aromatic carbocycles. The number of ketones is 2. The van der Waals surface area contributed by atoms with Gasteiger partial charge in [0.2, 0.25) is 11.8 Å². The average molecular weight is 1580 g/mol. The van der Waals surface area contributed by atoms with Gasteiger partial charge in [0.25, 0.3) is 0 Å². The lowest BCUT2D eigenvalue weighted by Gasteiger charge is -2.22. The number of rotatable bonds is 82. The molecule has 0 rings (SSSR count). The Balaban J connectivity index is 5.71. The number of Topliss-reactive ketones (excluding diaryl/α,β-unsaturated/α-hetero) is 2. The molecule has 0 aliphatic carbocycles. The summed E-state index contributed by atoms with van der Waals surface area (Å²) in [6.45, 7) is 10.4. The Bertz CT molecular complexity index is 2210. The van der Waals surface area contributed by atoms with Crippen LogP contribution in [0.3, 0.4) is 0 Å². The van der Waals surface area contributed by atoms with E-state index in [1.165, 1.54) is 103 Å². The Hall–Kier alpha value is -3.89. The molecule has 6 atom stereocenters. The van der Waals surface area contributed by atoms with E-state index in [9.17, 15) is 52.5 Å². The third-order valence-electron chi connectivity index (χ3n) is 18.7. The molecule has 0 fully saturated rings. The summed E-state index contributed by atoms with van der Waals surface area (Å²) in [5.74, 6) is -2.18. The average Bonchev–Trinajstić information content (AvgIpc) is 0.913. The molecule has 0 saturated carbocycles. The van der Waals surface area contributed by atoms with Crippen molar-refractivity contribution < 1.29 is 89.5 Å². The van der Waals surface area contributed by atoms with Crippen molar-refractivity contribution in [2.24, 2.45) is 0 Å². The topological polar surface area (TPSA) is 316 Å². The number of carbonyl (C=O) groups is 7. The van der Waals surface area contributed by atoms with Crippen LogP contribution < -0.4 is 21.3 Å². The predicted molar refractivity (Wildman–Crippen MR) is 433 cm³/mol. The van der Waals surface area contributed by atoms with Gasteiger partial charge in [-0.2, -0.15) is 0 Å². The number of phosphoric acid groups is 2. The number of amides is 4. The molecule has 6 N–H and O–H groups in total. The van der Waals surface area contributed by atoms with Crippen LogP contribution in [0.1, 0.15) is 375 Å². The third-order valence-corrected chi connectivity index (χ3v) is 20.6. The van der Waals surface area contributed by atoms with Crippen LogP contribution in [0.5, 0.6) is 0 Å². The van der Waals surface area contributed by atoms with Crippen LogP contribution >= 0.6 is 15.6 Å². The minimum Gasteiger partial charge on any atom is -0.462 e. The molecule has 108 heavy (non-hydrogen) atoms. The maximum atomic E-state index is 13.3. The van der Waals surface area contributed by atoms with Crippen molar-refractivity contribution in [2.45, 2.75) is 400 Å². The summed E-state index contributed by atoms with van der Waals surface area (Å²) in [6.07, 6.45) is 54.8. The van der Waals surface area contributed by atoms with Crippen LogP contribution in [-0.4, -0.2) is 141 Å². The van der Waals surface area contributed by atoms with Gasteiger partial charge in [-0.1, -0.05) is 258 Å². The fourth-order valence-corrected chi connectivity index (χ4v) is 13.7.